The molecule has 190 valence electrons. The molecule has 5 rings (SSSR count). The van der Waals surface area contributed by atoms with Gasteiger partial charge in [-0.1, -0.05) is 29.8 Å². The van der Waals surface area contributed by atoms with Crippen molar-refractivity contribution in [1.82, 2.24) is 14.4 Å². The Labute approximate surface area is 220 Å². The van der Waals surface area contributed by atoms with Gasteiger partial charge in [-0.15, -0.1) is 0 Å². The van der Waals surface area contributed by atoms with Gasteiger partial charge >= 0.3 is 6.03 Å². The van der Waals surface area contributed by atoms with Crippen molar-refractivity contribution in [2.24, 2.45) is 0 Å². The fourth-order valence-electron chi connectivity index (χ4n) is 3.77. The molecule has 3 aromatic carbocycles. The van der Waals surface area contributed by atoms with Gasteiger partial charge in [-0.25, -0.2) is 23.5 Å². The number of rotatable bonds is 5. The average molecular weight is 533 g/mol. The van der Waals surface area contributed by atoms with Crippen LogP contribution in [-0.4, -0.2) is 26.3 Å². The molecule has 0 fully saturated rings. The fourth-order valence-corrected chi connectivity index (χ4v) is 3.95. The minimum Gasteiger partial charge on any atom is -0.308 e. The molecular formula is C27H19ClF2N6O2. The Balaban J connectivity index is 1.36. The Hall–Kier alpha value is -4.83. The van der Waals surface area contributed by atoms with Gasteiger partial charge in [-0.3, -0.25) is 9.20 Å². The normalized spacial score (nSPS) is 10.8. The summed E-state index contributed by atoms with van der Waals surface area (Å²) < 4.78 is 28.7. The lowest BCUT2D eigenvalue weighted by molar-refractivity contribution is 0.102. The van der Waals surface area contributed by atoms with Gasteiger partial charge < -0.3 is 16.0 Å². The molecule has 0 spiro atoms. The molecule has 0 saturated heterocycles. The lowest BCUT2D eigenvalue weighted by Crippen LogP contribution is -2.20. The van der Waals surface area contributed by atoms with Crippen LogP contribution in [0, 0.1) is 18.6 Å². The quantitative estimate of drug-likeness (QED) is 0.239. The Bertz CT molecular complexity index is 1700. The first-order chi connectivity index (χ1) is 18.3. The fraction of sp³-hybridized carbons (Fsp3) is 0.0370. The largest absolute Gasteiger partial charge is 0.323 e. The van der Waals surface area contributed by atoms with Gasteiger partial charge in [0.15, 0.2) is 11.5 Å². The van der Waals surface area contributed by atoms with Crippen molar-refractivity contribution in [3.8, 4) is 11.3 Å². The second-order valence-electron chi connectivity index (χ2n) is 8.32. The molecule has 0 saturated carbocycles. The lowest BCUT2D eigenvalue weighted by atomic mass is 10.1. The maximum absolute atomic E-state index is 13.9. The van der Waals surface area contributed by atoms with E-state index in [2.05, 4.69) is 25.9 Å². The van der Waals surface area contributed by atoms with Crippen LogP contribution in [0.2, 0.25) is 5.02 Å². The van der Waals surface area contributed by atoms with Crippen molar-refractivity contribution >= 4 is 46.4 Å². The number of carbonyl (C=O) groups excluding carboxylic acids is 2. The molecule has 3 N–H and O–H groups in total. The second-order valence-corrected chi connectivity index (χ2v) is 8.72. The lowest BCUT2D eigenvalue weighted by Gasteiger charge is -2.10. The van der Waals surface area contributed by atoms with Crippen molar-refractivity contribution in [3.05, 3.63) is 107 Å². The number of carbonyl (C=O) groups is 2. The highest BCUT2D eigenvalue weighted by Crippen LogP contribution is 2.26. The van der Waals surface area contributed by atoms with E-state index in [4.69, 9.17) is 11.6 Å². The Kier molecular flexibility index (Phi) is 6.71. The number of halogens is 3. The summed E-state index contributed by atoms with van der Waals surface area (Å²) in [4.78, 5) is 33.8. The summed E-state index contributed by atoms with van der Waals surface area (Å²) >= 11 is 6.15. The van der Waals surface area contributed by atoms with Crippen LogP contribution in [0.3, 0.4) is 0 Å². The summed E-state index contributed by atoms with van der Waals surface area (Å²) in [5.74, 6) is -1.75. The monoisotopic (exact) mass is 532 g/mol. The highest BCUT2D eigenvalue weighted by molar-refractivity contribution is 6.31. The number of anilines is 3. The molecule has 0 bridgehead atoms. The maximum atomic E-state index is 13.9. The number of hydrogen-bond acceptors (Lipinski definition) is 4. The molecular weight excluding hydrogens is 514 g/mol. The summed E-state index contributed by atoms with van der Waals surface area (Å²) in [6, 6.07) is 14.1. The third-order valence-corrected chi connectivity index (χ3v) is 6.10. The van der Waals surface area contributed by atoms with Crippen LogP contribution in [-0.2, 0) is 0 Å². The van der Waals surface area contributed by atoms with E-state index >= 15 is 0 Å². The average Bonchev–Trinajstić information content (AvgIpc) is 3.33. The number of nitrogens with zero attached hydrogens (tertiary/aromatic N) is 3. The van der Waals surface area contributed by atoms with E-state index in [1.807, 2.05) is 13.0 Å². The third-order valence-electron chi connectivity index (χ3n) is 5.69. The van der Waals surface area contributed by atoms with Crippen molar-refractivity contribution in [3.63, 3.8) is 0 Å². The van der Waals surface area contributed by atoms with Gasteiger partial charge in [-0.2, -0.15) is 0 Å². The first kappa shape index (κ1) is 24.8. The maximum Gasteiger partial charge on any atom is 0.323 e. The van der Waals surface area contributed by atoms with Crippen LogP contribution in [0.25, 0.3) is 16.9 Å². The molecule has 0 unspecified atom stereocenters. The summed E-state index contributed by atoms with van der Waals surface area (Å²) in [7, 11) is 0. The topological polar surface area (TPSA) is 100 Å². The first-order valence-corrected chi connectivity index (χ1v) is 11.7. The molecule has 0 radical (unpaired) electrons. The van der Waals surface area contributed by atoms with Crippen molar-refractivity contribution < 1.29 is 18.4 Å². The Morgan fingerprint density at radius 3 is 2.58 bits per heavy atom. The van der Waals surface area contributed by atoms with E-state index in [0.29, 0.717) is 39.2 Å². The highest BCUT2D eigenvalue weighted by atomic mass is 35.5. The molecule has 5 aromatic rings. The van der Waals surface area contributed by atoms with Gasteiger partial charge in [0.05, 0.1) is 17.6 Å². The van der Waals surface area contributed by atoms with Gasteiger partial charge in [0.25, 0.3) is 5.91 Å². The summed E-state index contributed by atoms with van der Waals surface area (Å²) in [6.45, 7) is 1.85. The molecule has 0 aliphatic heterocycles. The summed E-state index contributed by atoms with van der Waals surface area (Å²) in [5, 5.41) is 8.23. The molecule has 11 heteroatoms. The number of aryl methyl sites for hydroxylation is 1. The number of benzene rings is 3. The molecule has 2 aromatic heterocycles. The smallest absolute Gasteiger partial charge is 0.308 e. The third kappa shape index (κ3) is 5.16. The van der Waals surface area contributed by atoms with Gasteiger partial charge in [-0.05, 0) is 48.9 Å². The molecule has 0 aliphatic carbocycles. The SMILES string of the molecule is Cc1ccc(C(=O)Nc2nccn3c(-c4cccc(NC(=O)Nc5ccc(F)cc5F)c4)cnc23)cc1Cl. The van der Waals surface area contributed by atoms with Crippen molar-refractivity contribution in [2.75, 3.05) is 16.0 Å². The number of urea groups is 1. The van der Waals surface area contributed by atoms with Gasteiger partial charge in [0.1, 0.15) is 11.6 Å². The molecule has 3 amide bonds. The van der Waals surface area contributed by atoms with E-state index in [0.717, 1.165) is 17.7 Å². The summed E-state index contributed by atoms with van der Waals surface area (Å²) in [6.07, 6.45) is 4.84. The predicted octanol–water partition coefficient (Wildman–Crippen LogP) is 6.53. The second kappa shape index (κ2) is 10.3. The van der Waals surface area contributed by atoms with Crippen LogP contribution in [0.1, 0.15) is 15.9 Å². The number of imidazole rings is 1. The molecule has 2 heterocycles. The van der Waals surface area contributed by atoms with E-state index in [1.54, 1.807) is 53.2 Å². The predicted molar refractivity (Wildman–Crippen MR) is 142 cm³/mol. The number of nitrogens with one attached hydrogen (secondary N) is 3. The van der Waals surface area contributed by atoms with Crippen LogP contribution in [0.15, 0.2) is 79.3 Å². The minimum atomic E-state index is -0.887. The number of aromatic nitrogens is 3. The zero-order chi connectivity index (χ0) is 26.8. The standard InChI is InChI=1S/C27H19ClF2N6O2/c1-15-5-6-17(12-20(15)28)26(37)35-24-25-32-14-23(36(25)10-9-31-24)16-3-2-4-19(11-16)33-27(38)34-22-8-7-18(29)13-21(22)30/h2-14H,1H3,(H,31,35,37)(H2,33,34,38). The number of amides is 3. The van der Waals surface area contributed by atoms with E-state index in [-0.39, 0.29) is 17.4 Å². The molecule has 8 nitrogen and oxygen atoms in total. The number of fused-ring (bicyclic) bond motifs is 1. The molecule has 0 atom stereocenters. The number of hydrogen-bond donors (Lipinski definition) is 3. The summed E-state index contributed by atoms with van der Waals surface area (Å²) in [5.41, 5.74) is 3.30. The van der Waals surface area contributed by atoms with Gasteiger partial charge in [0, 0.05) is 40.3 Å². The van der Waals surface area contributed by atoms with E-state index in [1.165, 1.54) is 6.20 Å². The van der Waals surface area contributed by atoms with Crippen LogP contribution < -0.4 is 16.0 Å². The van der Waals surface area contributed by atoms with Gasteiger partial charge in [0.2, 0.25) is 0 Å². The zero-order valence-corrected chi connectivity index (χ0v) is 20.6. The Morgan fingerprint density at radius 1 is 0.947 bits per heavy atom. The van der Waals surface area contributed by atoms with Crippen LogP contribution >= 0.6 is 11.6 Å². The van der Waals surface area contributed by atoms with E-state index in [9.17, 15) is 18.4 Å². The highest BCUT2D eigenvalue weighted by Gasteiger charge is 2.15. The minimum absolute atomic E-state index is 0.156. The van der Waals surface area contributed by atoms with Crippen molar-refractivity contribution in [1.29, 1.82) is 0 Å². The molecule has 0 aliphatic rings. The van der Waals surface area contributed by atoms with Crippen LogP contribution in [0.5, 0.6) is 0 Å². The van der Waals surface area contributed by atoms with E-state index < -0.39 is 17.7 Å². The zero-order valence-electron chi connectivity index (χ0n) is 19.8. The first-order valence-electron chi connectivity index (χ1n) is 11.3. The van der Waals surface area contributed by atoms with Crippen molar-refractivity contribution in [2.45, 2.75) is 6.92 Å². The Morgan fingerprint density at radius 2 is 1.79 bits per heavy atom. The molecule has 38 heavy (non-hydrogen) atoms. The van der Waals surface area contributed by atoms with Crippen LogP contribution in [0.4, 0.5) is 30.8 Å².